The first-order valence-electron chi connectivity index (χ1n) is 13.3. The summed E-state index contributed by atoms with van der Waals surface area (Å²) in [5, 5.41) is 11.3. The molecule has 1 aromatic rings. The van der Waals surface area contributed by atoms with Gasteiger partial charge >= 0.3 is 0 Å². The molecule has 0 bridgehead atoms. The molecule has 128 valence electrons. The Kier molecular flexibility index (Phi) is 2.13. The predicted molar refractivity (Wildman–Crippen MR) is 91.1 cm³/mol. The molecular formula is C19H29NO3. The molecule has 4 heteroatoms. The van der Waals surface area contributed by atoms with Crippen molar-refractivity contribution in [3.05, 3.63) is 23.3 Å². The molecule has 0 radical (unpaired) electrons. The third-order valence-electron chi connectivity index (χ3n) is 3.95. The first-order valence-corrected chi connectivity index (χ1v) is 7.33. The van der Waals surface area contributed by atoms with E-state index in [4.69, 9.17) is 25.9 Å². The van der Waals surface area contributed by atoms with Crippen LogP contribution < -0.4 is 9.47 Å². The van der Waals surface area contributed by atoms with Gasteiger partial charge in [0.15, 0.2) is 11.5 Å². The molecule has 0 aromatic heterocycles. The lowest BCUT2D eigenvalue weighted by molar-refractivity contribution is -0.0191. The number of rotatable bonds is 4. The van der Waals surface area contributed by atoms with Gasteiger partial charge in [-0.25, -0.2) is 0 Å². The second kappa shape index (κ2) is 6.70. The van der Waals surface area contributed by atoms with E-state index in [0.29, 0.717) is 18.2 Å². The Morgan fingerprint density at radius 3 is 2.96 bits per heavy atom. The third-order valence-corrected chi connectivity index (χ3v) is 3.95. The van der Waals surface area contributed by atoms with Crippen molar-refractivity contribution in [1.82, 2.24) is 4.90 Å². The largest absolute Gasteiger partial charge is 0.493 e. The number of ether oxygens (including phenoxy) is 2. The summed E-state index contributed by atoms with van der Waals surface area (Å²) in [7, 11) is 2.74. The summed E-state index contributed by atoms with van der Waals surface area (Å²) in [6, 6.07) is 1.29. The summed E-state index contributed by atoms with van der Waals surface area (Å²) in [4.78, 5) is 0.838. The second-order valence-electron chi connectivity index (χ2n) is 5.48. The van der Waals surface area contributed by atoms with E-state index in [2.05, 4.69) is 0 Å². The molecule has 4 nitrogen and oxygen atoms in total. The fourth-order valence-corrected chi connectivity index (χ4v) is 2.89. The summed E-state index contributed by atoms with van der Waals surface area (Å²) in [6.07, 6.45) is -10.7. The minimum Gasteiger partial charge on any atom is -0.493 e. The van der Waals surface area contributed by atoms with E-state index in [-0.39, 0.29) is 24.3 Å². The number of hydrogen-bond donors (Lipinski definition) is 1. The van der Waals surface area contributed by atoms with Crippen LogP contribution in [-0.2, 0) is 6.42 Å². The number of hydrogen-bond acceptors (Lipinski definition) is 4. The number of methoxy groups -OCH3 is 2. The van der Waals surface area contributed by atoms with E-state index in [1.54, 1.807) is 6.07 Å². The van der Waals surface area contributed by atoms with Crippen LogP contribution in [0.4, 0.5) is 0 Å². The third kappa shape index (κ3) is 3.20. The average molecular weight is 332 g/mol. The molecule has 2 aliphatic rings. The minimum absolute atomic E-state index is 0.120. The van der Waals surface area contributed by atoms with Gasteiger partial charge in [0.1, 0.15) is 0 Å². The fraction of sp³-hybridized carbons (Fsp3) is 0.684. The van der Waals surface area contributed by atoms with E-state index in [0.717, 1.165) is 4.90 Å². The number of aliphatic hydroxyl groups is 1. The van der Waals surface area contributed by atoms with Crippen LogP contribution in [0.15, 0.2) is 12.1 Å². The van der Waals surface area contributed by atoms with Crippen molar-refractivity contribution in [2.45, 2.75) is 45.1 Å². The fourth-order valence-electron chi connectivity index (χ4n) is 2.89. The van der Waals surface area contributed by atoms with Crippen LogP contribution in [-0.4, -0.2) is 43.3 Å². The molecule has 1 unspecified atom stereocenters. The van der Waals surface area contributed by atoms with Gasteiger partial charge in [0.2, 0.25) is 0 Å². The van der Waals surface area contributed by atoms with Crippen molar-refractivity contribution < 1.29 is 31.0 Å². The molecule has 1 N–H and O–H groups in total. The van der Waals surface area contributed by atoms with Gasteiger partial charge in [-0.05, 0) is 54.2 Å². The number of nitrogens with zero attached hydrogens (tertiary/aromatic N) is 1. The predicted octanol–water partition coefficient (Wildman–Crippen LogP) is 3.03. The summed E-state index contributed by atoms with van der Waals surface area (Å²) in [6.45, 7) is -6.29. The minimum atomic E-state index is -3.84. The van der Waals surface area contributed by atoms with Gasteiger partial charge in [-0.2, -0.15) is 0 Å². The summed E-state index contributed by atoms with van der Waals surface area (Å²) < 4.78 is 111. The topological polar surface area (TPSA) is 41.9 Å². The van der Waals surface area contributed by atoms with Crippen LogP contribution in [0.3, 0.4) is 0 Å². The van der Waals surface area contributed by atoms with Crippen LogP contribution in [0.2, 0.25) is 0 Å². The Balaban J connectivity index is 2.34. The first-order chi connectivity index (χ1) is 15.6. The van der Waals surface area contributed by atoms with Crippen molar-refractivity contribution >= 4 is 0 Å². The smallest absolute Gasteiger partial charge is 0.161 e. The zero-order chi connectivity index (χ0) is 27.2. The van der Waals surface area contributed by atoms with E-state index >= 15 is 0 Å². The van der Waals surface area contributed by atoms with Crippen LogP contribution in [0.25, 0.3) is 0 Å². The van der Waals surface area contributed by atoms with Crippen molar-refractivity contribution in [2.24, 2.45) is 11.8 Å². The van der Waals surface area contributed by atoms with Gasteiger partial charge in [-0.1, -0.05) is 13.8 Å². The highest BCUT2D eigenvalue weighted by molar-refractivity contribution is 5.49. The lowest BCUT2D eigenvalue weighted by Gasteiger charge is -2.46. The molecule has 0 aliphatic carbocycles. The van der Waals surface area contributed by atoms with Crippen LogP contribution in [0.5, 0.6) is 11.5 Å². The van der Waals surface area contributed by atoms with Gasteiger partial charge in [0, 0.05) is 34.2 Å². The Morgan fingerprint density at radius 2 is 2.26 bits per heavy atom. The first kappa shape index (κ1) is 7.32. The standard InChI is InChI=1S/C19H29NO3/c1-12(2)7-14-11-20-6-5-13-8-18(22-3)19(23-4)9-15(13)16(20)10-17(14)21/h8-9,12,14,16-17,21H,5-7,10-11H2,1-4H3/t14-,16-,17+/m0/s1/i1D3,7D2,10D2,11D2,12D,14D,17D/t12?,14-,16-,17+. The van der Waals surface area contributed by atoms with Gasteiger partial charge < -0.3 is 14.6 Å². The van der Waals surface area contributed by atoms with Gasteiger partial charge in [-0.3, -0.25) is 4.90 Å². The molecule has 23 heavy (non-hydrogen) atoms. The second-order valence-corrected chi connectivity index (χ2v) is 5.48. The molecule has 2 heterocycles. The highest BCUT2D eigenvalue weighted by Crippen LogP contribution is 2.43. The van der Waals surface area contributed by atoms with E-state index in [1.165, 1.54) is 20.3 Å². The number of benzene rings is 1. The quantitative estimate of drug-likeness (QED) is 0.921. The molecule has 2 aliphatic heterocycles. The number of piperidine rings is 1. The van der Waals surface area contributed by atoms with Crippen LogP contribution in [0, 0.1) is 11.8 Å². The lowest BCUT2D eigenvalue weighted by Crippen LogP contribution is -2.48. The lowest BCUT2D eigenvalue weighted by atomic mass is 9.79. The van der Waals surface area contributed by atoms with Gasteiger partial charge in [0.05, 0.1) is 21.7 Å². The Hall–Kier alpha value is -1.26. The maximum absolute atomic E-state index is 11.3. The number of fused-ring (bicyclic) bond motifs is 3. The van der Waals surface area contributed by atoms with E-state index in [1.807, 2.05) is 0 Å². The molecule has 0 saturated carbocycles. The highest BCUT2D eigenvalue weighted by atomic mass is 16.5. The average Bonchev–Trinajstić information content (AvgIpc) is 2.74. The maximum atomic E-state index is 11.3. The Bertz CT molecular complexity index is 1010. The molecule has 0 spiro atoms. The van der Waals surface area contributed by atoms with E-state index < -0.39 is 50.0 Å². The molecule has 1 saturated heterocycles. The molecule has 1 aromatic carbocycles. The molecule has 0 amide bonds. The van der Waals surface area contributed by atoms with Gasteiger partial charge in [0.25, 0.3) is 0 Å². The summed E-state index contributed by atoms with van der Waals surface area (Å²) in [5.74, 6) is -6.45. The Labute approximate surface area is 156 Å². The SMILES string of the molecule is [2H]C([2H])([2H])C([2H])(C)C([2H])([2H])[C@@]1([2H])C([2H])([2H])N2CCc3cc(OC)c(OC)cc3[C@@H]2C([2H])([2H])[C@@]1([2H])O. The van der Waals surface area contributed by atoms with Crippen LogP contribution in [0.1, 0.15) is 60.1 Å². The molecule has 1 fully saturated rings. The molecular weight excluding hydrogens is 290 g/mol. The van der Waals surface area contributed by atoms with Crippen LogP contribution >= 0.6 is 0 Å². The van der Waals surface area contributed by atoms with Crippen molar-refractivity contribution in [2.75, 3.05) is 27.3 Å². The zero-order valence-electron chi connectivity index (χ0n) is 25.4. The van der Waals surface area contributed by atoms with Crippen molar-refractivity contribution in [1.29, 1.82) is 0 Å². The monoisotopic (exact) mass is 331 g/mol. The van der Waals surface area contributed by atoms with Crippen molar-refractivity contribution in [3.63, 3.8) is 0 Å². The molecule has 3 rings (SSSR count). The van der Waals surface area contributed by atoms with E-state index in [9.17, 15) is 5.11 Å². The normalized spacial score (nSPS) is 49.7. The Morgan fingerprint density at radius 1 is 1.52 bits per heavy atom. The highest BCUT2D eigenvalue weighted by Gasteiger charge is 2.38. The molecule has 4 atom stereocenters. The summed E-state index contributed by atoms with van der Waals surface area (Å²) >= 11 is 0. The van der Waals surface area contributed by atoms with Gasteiger partial charge in [-0.15, -0.1) is 0 Å². The van der Waals surface area contributed by atoms with Crippen molar-refractivity contribution in [3.8, 4) is 11.5 Å². The maximum Gasteiger partial charge on any atom is 0.161 e. The summed E-state index contributed by atoms with van der Waals surface area (Å²) in [5.41, 5.74) is 0.674. The zero-order valence-corrected chi connectivity index (χ0v) is 13.4.